The Morgan fingerprint density at radius 3 is 2.67 bits per heavy atom. The van der Waals surface area contributed by atoms with E-state index in [9.17, 15) is 20.0 Å². The molecule has 2 aromatic carbocycles. The predicted octanol–water partition coefficient (Wildman–Crippen LogP) is 3.19. The number of phenols is 1. The number of thioether (sulfide) groups is 1. The van der Waals surface area contributed by atoms with Gasteiger partial charge in [-0.25, -0.2) is 4.99 Å². The molecule has 0 bridgehead atoms. The number of amides is 1. The van der Waals surface area contributed by atoms with E-state index in [0.717, 1.165) is 11.8 Å². The standard InChI is InChI=1S/C16H11N3O4S/c20-13-7-6-12(19(22)23)8-10(13)9-14-15(21)18-16(24-14)17-11-4-2-1-3-5-11/h1-9,20H,(H,17,18,21)/b14-9+. The second kappa shape index (κ2) is 6.55. The molecular formula is C16H11N3O4S. The Bertz CT molecular complexity index is 878. The zero-order chi connectivity index (χ0) is 17.1. The van der Waals surface area contributed by atoms with Crippen LogP contribution in [0.2, 0.25) is 0 Å². The Morgan fingerprint density at radius 2 is 1.96 bits per heavy atom. The Balaban J connectivity index is 1.89. The number of aliphatic imine (C=N–C) groups is 1. The first-order valence-electron chi connectivity index (χ1n) is 6.85. The summed E-state index contributed by atoms with van der Waals surface area (Å²) in [6, 6.07) is 12.8. The van der Waals surface area contributed by atoms with Gasteiger partial charge in [0.15, 0.2) is 5.17 Å². The number of para-hydroxylation sites is 1. The van der Waals surface area contributed by atoms with Crippen molar-refractivity contribution < 1.29 is 14.8 Å². The first-order valence-corrected chi connectivity index (χ1v) is 7.66. The monoisotopic (exact) mass is 341 g/mol. The minimum atomic E-state index is -0.564. The van der Waals surface area contributed by atoms with Crippen LogP contribution in [0.15, 0.2) is 58.4 Å². The summed E-state index contributed by atoms with van der Waals surface area (Å²) in [6.45, 7) is 0. The highest BCUT2D eigenvalue weighted by Gasteiger charge is 2.24. The van der Waals surface area contributed by atoms with Gasteiger partial charge < -0.3 is 10.4 Å². The highest BCUT2D eigenvalue weighted by Crippen LogP contribution is 2.31. The molecule has 1 saturated heterocycles. The molecule has 0 saturated carbocycles. The number of non-ortho nitro benzene ring substituents is 1. The molecule has 120 valence electrons. The Hall–Kier alpha value is -3.13. The van der Waals surface area contributed by atoms with E-state index in [-0.39, 0.29) is 22.9 Å². The van der Waals surface area contributed by atoms with Crippen LogP contribution in [0, 0.1) is 10.1 Å². The summed E-state index contributed by atoms with van der Waals surface area (Å²) in [4.78, 5) is 26.9. The van der Waals surface area contributed by atoms with Gasteiger partial charge in [0.2, 0.25) is 0 Å². The Kier molecular flexibility index (Phi) is 4.30. The van der Waals surface area contributed by atoms with Crippen LogP contribution in [0.25, 0.3) is 6.08 Å². The van der Waals surface area contributed by atoms with Gasteiger partial charge in [0.05, 0.1) is 15.5 Å². The molecule has 1 amide bonds. The summed E-state index contributed by atoms with van der Waals surface area (Å²) in [5.41, 5.74) is 0.726. The van der Waals surface area contributed by atoms with Gasteiger partial charge in [-0.2, -0.15) is 0 Å². The fourth-order valence-corrected chi connectivity index (χ4v) is 2.85. The molecule has 0 aliphatic carbocycles. The number of rotatable bonds is 3. The van der Waals surface area contributed by atoms with Crippen LogP contribution < -0.4 is 5.32 Å². The number of amidine groups is 1. The third kappa shape index (κ3) is 3.44. The lowest BCUT2D eigenvalue weighted by Gasteiger charge is -1.99. The van der Waals surface area contributed by atoms with Crippen molar-refractivity contribution in [3.63, 3.8) is 0 Å². The summed E-state index contributed by atoms with van der Waals surface area (Å²) in [5.74, 6) is -0.518. The third-order valence-electron chi connectivity index (χ3n) is 3.15. The first kappa shape index (κ1) is 15.8. The minimum Gasteiger partial charge on any atom is -0.507 e. The van der Waals surface area contributed by atoms with Gasteiger partial charge in [-0.05, 0) is 36.0 Å². The average molecular weight is 341 g/mol. The maximum Gasteiger partial charge on any atom is 0.270 e. The lowest BCUT2D eigenvalue weighted by atomic mass is 10.1. The number of carbonyl (C=O) groups excluding carboxylic acids is 1. The van der Waals surface area contributed by atoms with Crippen molar-refractivity contribution in [1.82, 2.24) is 5.32 Å². The average Bonchev–Trinajstić information content (AvgIpc) is 2.89. The molecule has 0 radical (unpaired) electrons. The Labute approximate surface area is 140 Å². The fraction of sp³-hybridized carbons (Fsp3) is 0. The molecule has 2 N–H and O–H groups in total. The second-order valence-electron chi connectivity index (χ2n) is 4.82. The van der Waals surface area contributed by atoms with Crippen LogP contribution in [0.5, 0.6) is 5.75 Å². The van der Waals surface area contributed by atoms with E-state index in [1.54, 1.807) is 12.1 Å². The topological polar surface area (TPSA) is 105 Å². The molecule has 1 heterocycles. The number of benzene rings is 2. The van der Waals surface area contributed by atoms with Crippen molar-refractivity contribution in [1.29, 1.82) is 0 Å². The van der Waals surface area contributed by atoms with E-state index in [2.05, 4.69) is 10.3 Å². The molecule has 1 aliphatic rings. The lowest BCUT2D eigenvalue weighted by Crippen LogP contribution is -2.19. The van der Waals surface area contributed by atoms with Crippen molar-refractivity contribution in [2.75, 3.05) is 0 Å². The summed E-state index contributed by atoms with van der Waals surface area (Å²) in [5, 5.41) is 23.7. The van der Waals surface area contributed by atoms with Crippen LogP contribution in [0.4, 0.5) is 11.4 Å². The Morgan fingerprint density at radius 1 is 1.21 bits per heavy atom. The molecule has 1 fully saturated rings. The van der Waals surface area contributed by atoms with Crippen LogP contribution in [0.1, 0.15) is 5.56 Å². The van der Waals surface area contributed by atoms with Crippen LogP contribution in [0.3, 0.4) is 0 Å². The number of hydrogen-bond acceptors (Lipinski definition) is 6. The van der Waals surface area contributed by atoms with Crippen molar-refractivity contribution in [2.45, 2.75) is 0 Å². The predicted molar refractivity (Wildman–Crippen MR) is 92.0 cm³/mol. The minimum absolute atomic E-state index is 0.144. The molecule has 0 atom stereocenters. The zero-order valence-electron chi connectivity index (χ0n) is 12.2. The van der Waals surface area contributed by atoms with Gasteiger partial charge in [0, 0.05) is 17.7 Å². The number of nitrogens with zero attached hydrogens (tertiary/aromatic N) is 2. The largest absolute Gasteiger partial charge is 0.507 e. The number of carbonyl (C=O) groups is 1. The summed E-state index contributed by atoms with van der Waals surface area (Å²) in [6.07, 6.45) is 1.40. The maximum absolute atomic E-state index is 12.0. The molecule has 24 heavy (non-hydrogen) atoms. The molecule has 0 aromatic heterocycles. The first-order chi connectivity index (χ1) is 11.5. The number of phenolic OH excluding ortho intramolecular Hbond substituents is 1. The SMILES string of the molecule is O=C1NC(=Nc2ccccc2)S/C1=C/c1cc([N+](=O)[O-])ccc1O. The molecule has 8 heteroatoms. The third-order valence-corrected chi connectivity index (χ3v) is 4.06. The van der Waals surface area contributed by atoms with Gasteiger partial charge in [0.25, 0.3) is 11.6 Å². The normalized spacial score (nSPS) is 17.2. The second-order valence-corrected chi connectivity index (χ2v) is 5.85. The smallest absolute Gasteiger partial charge is 0.270 e. The van der Waals surface area contributed by atoms with E-state index in [4.69, 9.17) is 0 Å². The van der Waals surface area contributed by atoms with Gasteiger partial charge in [0.1, 0.15) is 5.75 Å². The van der Waals surface area contributed by atoms with Gasteiger partial charge >= 0.3 is 0 Å². The summed E-state index contributed by atoms with van der Waals surface area (Å²) >= 11 is 1.10. The quantitative estimate of drug-likeness (QED) is 0.507. The number of nitrogens with one attached hydrogen (secondary N) is 1. The number of hydrogen-bond donors (Lipinski definition) is 2. The molecule has 0 unspecified atom stereocenters. The van der Waals surface area contributed by atoms with Crippen molar-refractivity contribution in [3.05, 3.63) is 69.1 Å². The van der Waals surface area contributed by atoms with Crippen LogP contribution >= 0.6 is 11.8 Å². The maximum atomic E-state index is 12.0. The van der Waals surface area contributed by atoms with Gasteiger partial charge in [-0.15, -0.1) is 0 Å². The lowest BCUT2D eigenvalue weighted by molar-refractivity contribution is -0.384. The van der Waals surface area contributed by atoms with E-state index in [1.165, 1.54) is 24.3 Å². The van der Waals surface area contributed by atoms with Crippen molar-refractivity contribution in [3.8, 4) is 5.75 Å². The van der Waals surface area contributed by atoms with E-state index in [1.807, 2.05) is 18.2 Å². The molecule has 7 nitrogen and oxygen atoms in total. The van der Waals surface area contributed by atoms with Crippen LogP contribution in [-0.2, 0) is 4.79 Å². The van der Waals surface area contributed by atoms with E-state index < -0.39 is 4.92 Å². The van der Waals surface area contributed by atoms with Crippen LogP contribution in [-0.4, -0.2) is 21.1 Å². The molecule has 0 spiro atoms. The van der Waals surface area contributed by atoms with E-state index in [0.29, 0.717) is 15.8 Å². The van der Waals surface area contributed by atoms with Gasteiger partial charge in [-0.1, -0.05) is 18.2 Å². The fourth-order valence-electron chi connectivity index (χ4n) is 2.01. The number of nitro groups is 1. The van der Waals surface area contributed by atoms with Crippen molar-refractivity contribution in [2.24, 2.45) is 4.99 Å². The number of nitro benzene ring substituents is 1. The van der Waals surface area contributed by atoms with Crippen molar-refractivity contribution >= 4 is 40.3 Å². The molecule has 3 rings (SSSR count). The van der Waals surface area contributed by atoms with Gasteiger partial charge in [-0.3, -0.25) is 14.9 Å². The highest BCUT2D eigenvalue weighted by molar-refractivity contribution is 8.18. The zero-order valence-corrected chi connectivity index (χ0v) is 13.0. The summed E-state index contributed by atoms with van der Waals surface area (Å²) < 4.78 is 0. The molecule has 1 aliphatic heterocycles. The molecule has 2 aromatic rings. The number of aromatic hydroxyl groups is 1. The van der Waals surface area contributed by atoms with E-state index >= 15 is 0 Å². The summed E-state index contributed by atoms with van der Waals surface area (Å²) in [7, 11) is 0. The highest BCUT2D eigenvalue weighted by atomic mass is 32.2. The molecular weight excluding hydrogens is 330 g/mol.